The second-order valence-corrected chi connectivity index (χ2v) is 21.5. The lowest BCUT2D eigenvalue weighted by Crippen LogP contribution is -2.29. The normalized spacial score (nSPS) is 13.2. The van der Waals surface area contributed by atoms with Crippen LogP contribution in [0.5, 0.6) is 11.5 Å². The van der Waals surface area contributed by atoms with Crippen molar-refractivity contribution >= 4 is 63.1 Å². The van der Waals surface area contributed by atoms with Crippen LogP contribution in [0.1, 0.15) is 39.5 Å². The van der Waals surface area contributed by atoms with Crippen LogP contribution in [0.2, 0.25) is 0 Å². The first kappa shape index (κ1) is 49.3. The highest BCUT2D eigenvalue weighted by atomic mass is 31.2. The minimum Gasteiger partial charge on any atom is -0.497 e. The van der Waals surface area contributed by atoms with Gasteiger partial charge in [0.1, 0.15) is 17.3 Å². The van der Waals surface area contributed by atoms with Crippen LogP contribution in [-0.4, -0.2) is 51.2 Å². The van der Waals surface area contributed by atoms with Crippen LogP contribution in [0.4, 0.5) is 0 Å². The Morgan fingerprint density at radius 3 is 1.11 bits per heavy atom. The fraction of sp³-hybridized carbons (Fsp3) is 0.196. The van der Waals surface area contributed by atoms with E-state index < -0.39 is 13.8 Å². The number of nitrogens with two attached hydrogens (primary N) is 1. The van der Waals surface area contributed by atoms with Gasteiger partial charge in [0.15, 0.2) is 6.29 Å². The van der Waals surface area contributed by atoms with Crippen LogP contribution in [0, 0.1) is 0 Å². The fourth-order valence-corrected chi connectivity index (χ4v) is 14.4. The van der Waals surface area contributed by atoms with Gasteiger partial charge in [-0.05, 0) is 108 Å². The molecule has 0 aromatic heterocycles. The molecule has 1 fully saturated rings. The molecule has 6 nitrogen and oxygen atoms in total. The number of hydrogen-bond donors (Lipinski definition) is 1. The quantitative estimate of drug-likeness (QED) is 0.123. The maximum absolute atomic E-state index is 9.81. The third kappa shape index (κ3) is 13.6. The zero-order chi connectivity index (χ0) is 45.3. The maximum Gasteiger partial charge on any atom is 0.158 e. The van der Waals surface area contributed by atoms with E-state index in [1.807, 2.05) is 55.3 Å². The number of carbonyl (C=O) groups is 1. The maximum atomic E-state index is 9.81. The van der Waals surface area contributed by atoms with E-state index in [1.54, 1.807) is 21.1 Å². The molecule has 1 unspecified atom stereocenters. The summed E-state index contributed by atoms with van der Waals surface area (Å²) in [5.41, 5.74) is 6.23. The summed E-state index contributed by atoms with van der Waals surface area (Å²) >= 11 is 0. The topological polar surface area (TPSA) is 80.0 Å². The molecule has 332 valence electrons. The number of methoxy groups -OCH3 is 2. The van der Waals surface area contributed by atoms with E-state index in [4.69, 9.17) is 24.7 Å². The molecule has 1 saturated heterocycles. The van der Waals surface area contributed by atoms with Gasteiger partial charge >= 0.3 is 0 Å². The Morgan fingerprint density at radius 1 is 0.547 bits per heavy atom. The second-order valence-electron chi connectivity index (χ2n) is 14.9. The van der Waals surface area contributed by atoms with E-state index in [-0.39, 0.29) is 12.1 Å². The lowest BCUT2D eigenvalue weighted by Gasteiger charge is -2.29. The van der Waals surface area contributed by atoms with E-state index in [1.165, 1.54) is 38.2 Å². The molecule has 64 heavy (non-hydrogen) atoms. The van der Waals surface area contributed by atoms with Crippen molar-refractivity contribution < 1.29 is 23.7 Å². The SMILES string of the molecule is C(COC1CCCCO1)=P(c1ccccc1)(c1ccccc1)c1ccccc1.CCC(C)=O.COc1ccc(OC)cc1.NC=P(c1ccccc1)(c1ccccc1)c1ccccc1. The molecule has 8 heteroatoms. The van der Waals surface area contributed by atoms with Gasteiger partial charge < -0.3 is 29.5 Å². The van der Waals surface area contributed by atoms with Gasteiger partial charge in [0, 0.05) is 13.0 Å². The van der Waals surface area contributed by atoms with Crippen molar-refractivity contribution in [2.75, 3.05) is 27.4 Å². The summed E-state index contributed by atoms with van der Waals surface area (Å²) in [6.07, 6.45) is 3.90. The molecular weight excluding hydrogens is 829 g/mol. The highest BCUT2D eigenvalue weighted by Gasteiger charge is 2.26. The van der Waals surface area contributed by atoms with Crippen molar-refractivity contribution in [3.8, 4) is 11.5 Å². The smallest absolute Gasteiger partial charge is 0.158 e. The van der Waals surface area contributed by atoms with Crippen molar-refractivity contribution in [1.82, 2.24) is 0 Å². The Labute approximate surface area is 382 Å². The number of rotatable bonds is 12. The zero-order valence-corrected chi connectivity index (χ0v) is 39.4. The molecular formula is C56H63NO5P2. The number of benzene rings is 7. The Kier molecular flexibility index (Phi) is 20.7. The molecule has 0 spiro atoms. The Balaban J connectivity index is 0.000000187. The minimum absolute atomic E-state index is 0.0748. The lowest BCUT2D eigenvalue weighted by atomic mass is 10.2. The Morgan fingerprint density at radius 2 is 0.859 bits per heavy atom. The standard InChI is InChI=1S/C25H27O2P.C19H18NP.C8H10O2.C4H8O/c1-4-12-22(13-5-1)28(23-14-6-2-7-15-23,24-16-8-3-9-17-24)21-20-27-25-18-10-11-19-26-25;20-16-21(17-10-4-1-5-11-17,18-12-6-2-7-13-18)19-14-8-3-9-15-19;1-9-7-3-5-8(10-2)6-4-7;1-3-4(2)5/h1-9,12-17,21,25H,10-11,18-20H2;1-16H,20H2;3-6H,1-2H3;3H2,1-2H3. The van der Waals surface area contributed by atoms with Crippen LogP contribution in [0.3, 0.4) is 0 Å². The van der Waals surface area contributed by atoms with Gasteiger partial charge in [0.25, 0.3) is 0 Å². The van der Waals surface area contributed by atoms with E-state index in [0.717, 1.165) is 30.9 Å². The predicted molar refractivity (Wildman–Crippen MR) is 277 cm³/mol. The van der Waals surface area contributed by atoms with Crippen LogP contribution in [-0.2, 0) is 14.3 Å². The molecule has 1 aliphatic rings. The van der Waals surface area contributed by atoms with Crippen LogP contribution >= 0.6 is 13.8 Å². The lowest BCUT2D eigenvalue weighted by molar-refractivity contribution is -0.152. The van der Waals surface area contributed by atoms with Gasteiger partial charge in [0.05, 0.1) is 20.8 Å². The number of ether oxygens (including phenoxy) is 4. The van der Waals surface area contributed by atoms with E-state index in [0.29, 0.717) is 13.0 Å². The van der Waals surface area contributed by atoms with Crippen molar-refractivity contribution in [2.24, 2.45) is 5.73 Å². The summed E-state index contributed by atoms with van der Waals surface area (Å²) in [6.45, 7) is 1.01. The number of carbonyl (C=O) groups excluding carboxylic acids is 1. The van der Waals surface area contributed by atoms with Crippen molar-refractivity contribution in [2.45, 2.75) is 45.8 Å². The van der Waals surface area contributed by atoms with Crippen LogP contribution in [0.25, 0.3) is 0 Å². The average molecular weight is 892 g/mol. The third-order valence-electron chi connectivity index (χ3n) is 10.8. The summed E-state index contributed by atoms with van der Waals surface area (Å²) < 4.78 is 21.8. The summed E-state index contributed by atoms with van der Waals surface area (Å²) in [4.78, 5) is 9.81. The molecule has 1 atom stereocenters. The molecule has 0 bridgehead atoms. The summed E-state index contributed by atoms with van der Waals surface area (Å²) in [7, 11) is 3.28. The molecule has 2 N–H and O–H groups in total. The Hall–Kier alpha value is -5.71. The summed E-state index contributed by atoms with van der Waals surface area (Å²) in [5, 5.41) is 7.89. The van der Waals surface area contributed by atoms with Gasteiger partial charge in [-0.15, -0.1) is 0 Å². The molecule has 8 rings (SSSR count). The van der Waals surface area contributed by atoms with Gasteiger partial charge in [-0.3, -0.25) is 0 Å². The van der Waals surface area contributed by atoms with Crippen molar-refractivity contribution in [3.05, 3.63) is 206 Å². The Bertz CT molecular complexity index is 2230. The number of hydrogen-bond acceptors (Lipinski definition) is 5. The van der Waals surface area contributed by atoms with Gasteiger partial charge in [-0.1, -0.05) is 189 Å². The molecule has 0 saturated carbocycles. The van der Waals surface area contributed by atoms with Crippen molar-refractivity contribution in [3.63, 3.8) is 0 Å². The summed E-state index contributed by atoms with van der Waals surface area (Å²) in [5.74, 6) is 6.27. The van der Waals surface area contributed by atoms with E-state index in [9.17, 15) is 4.79 Å². The molecule has 1 heterocycles. The summed E-state index contributed by atoms with van der Waals surface area (Å²) in [6, 6.07) is 71.7. The molecule has 7 aromatic carbocycles. The van der Waals surface area contributed by atoms with Gasteiger partial charge in [-0.25, -0.2) is 0 Å². The fourth-order valence-electron chi connectivity index (χ4n) is 7.26. The van der Waals surface area contributed by atoms with Crippen LogP contribution in [0.15, 0.2) is 206 Å². The molecule has 1 aliphatic heterocycles. The predicted octanol–water partition coefficient (Wildman–Crippen LogP) is 9.71. The zero-order valence-electron chi connectivity index (χ0n) is 37.6. The van der Waals surface area contributed by atoms with Gasteiger partial charge in [0.2, 0.25) is 0 Å². The molecule has 0 aliphatic carbocycles. The monoisotopic (exact) mass is 891 g/mol. The average Bonchev–Trinajstić information content (AvgIpc) is 3.38. The number of ketones is 1. The highest BCUT2D eigenvalue weighted by molar-refractivity contribution is 7.94. The first-order valence-electron chi connectivity index (χ1n) is 21.8. The molecule has 7 aromatic rings. The molecule has 0 radical (unpaired) electrons. The first-order valence-corrected chi connectivity index (χ1v) is 25.5. The van der Waals surface area contributed by atoms with Crippen molar-refractivity contribution in [1.29, 1.82) is 0 Å². The largest absolute Gasteiger partial charge is 0.497 e. The third-order valence-corrected chi connectivity index (χ3v) is 18.6. The highest BCUT2D eigenvalue weighted by Crippen LogP contribution is 2.44. The van der Waals surface area contributed by atoms with Crippen LogP contribution < -0.4 is 47.0 Å². The molecule has 0 amide bonds. The van der Waals surface area contributed by atoms with E-state index >= 15 is 0 Å². The minimum atomic E-state index is -1.93. The first-order chi connectivity index (χ1) is 31.4. The second kappa shape index (κ2) is 26.8. The number of Topliss-reactive ketones (excluding diaryl/α,β-unsaturated/α-hetero) is 1. The van der Waals surface area contributed by atoms with Gasteiger partial charge in [-0.2, -0.15) is 0 Å². The van der Waals surface area contributed by atoms with E-state index in [2.05, 4.69) is 170 Å².